The molecule has 1 saturated heterocycles. The lowest BCUT2D eigenvalue weighted by Gasteiger charge is -2.17. The molecule has 0 radical (unpaired) electrons. The molecule has 23 heavy (non-hydrogen) atoms. The van der Waals surface area contributed by atoms with Crippen molar-refractivity contribution in [3.63, 3.8) is 0 Å². The Morgan fingerprint density at radius 3 is 2.91 bits per heavy atom. The second-order valence-electron chi connectivity index (χ2n) is 6.39. The van der Waals surface area contributed by atoms with E-state index in [1.54, 1.807) is 0 Å². The molecule has 0 spiro atoms. The van der Waals surface area contributed by atoms with Crippen LogP contribution in [0.3, 0.4) is 0 Å². The Morgan fingerprint density at radius 1 is 1.39 bits per heavy atom. The van der Waals surface area contributed by atoms with Crippen molar-refractivity contribution >= 4 is 11.8 Å². The third-order valence-corrected chi connectivity index (χ3v) is 4.02. The standard InChI is InChI=1S/C18H26N2O3/c1-12(2)14-8-7-13(3)10-16(14)23-11-17(21)20-15-6-4-5-9-19-18(15)22/h7-8,10,12,15H,4-6,9,11H2,1-3H3,(H,19,22)(H,20,21)/t15-/m0/s1. The number of benzene rings is 1. The normalized spacial score (nSPS) is 18.3. The number of rotatable bonds is 5. The average molecular weight is 318 g/mol. The van der Waals surface area contributed by atoms with Crippen molar-refractivity contribution < 1.29 is 14.3 Å². The van der Waals surface area contributed by atoms with Gasteiger partial charge >= 0.3 is 0 Å². The Hall–Kier alpha value is -2.04. The molecule has 2 rings (SSSR count). The first-order chi connectivity index (χ1) is 11.0. The fraction of sp³-hybridized carbons (Fsp3) is 0.556. The Bertz CT molecular complexity index is 569. The van der Waals surface area contributed by atoms with Crippen LogP contribution in [0.5, 0.6) is 5.75 Å². The lowest BCUT2D eigenvalue weighted by atomic mass is 10.0. The monoisotopic (exact) mass is 318 g/mol. The van der Waals surface area contributed by atoms with Crippen LogP contribution in [0.4, 0.5) is 0 Å². The van der Waals surface area contributed by atoms with E-state index in [-0.39, 0.29) is 18.4 Å². The second-order valence-corrected chi connectivity index (χ2v) is 6.39. The summed E-state index contributed by atoms with van der Waals surface area (Å²) in [4.78, 5) is 23.9. The number of ether oxygens (including phenoxy) is 1. The molecule has 0 bridgehead atoms. The quantitative estimate of drug-likeness (QED) is 0.875. The molecular formula is C18H26N2O3. The van der Waals surface area contributed by atoms with Crippen molar-refractivity contribution in [1.29, 1.82) is 0 Å². The van der Waals surface area contributed by atoms with Crippen LogP contribution in [-0.2, 0) is 9.59 Å². The Labute approximate surface area is 137 Å². The molecule has 5 nitrogen and oxygen atoms in total. The smallest absolute Gasteiger partial charge is 0.258 e. The predicted molar refractivity (Wildman–Crippen MR) is 89.6 cm³/mol. The minimum Gasteiger partial charge on any atom is -0.483 e. The first-order valence-corrected chi connectivity index (χ1v) is 8.28. The topological polar surface area (TPSA) is 67.4 Å². The lowest BCUT2D eigenvalue weighted by Crippen LogP contribution is -2.46. The molecule has 1 fully saturated rings. The van der Waals surface area contributed by atoms with Crippen molar-refractivity contribution in [3.8, 4) is 5.75 Å². The largest absolute Gasteiger partial charge is 0.483 e. The molecule has 1 aliphatic heterocycles. The van der Waals surface area contributed by atoms with E-state index in [1.807, 2.05) is 25.1 Å². The van der Waals surface area contributed by atoms with Gasteiger partial charge in [0.1, 0.15) is 11.8 Å². The predicted octanol–water partition coefficient (Wildman–Crippen LogP) is 2.28. The molecule has 1 atom stereocenters. The molecule has 0 aromatic heterocycles. The number of nitrogens with one attached hydrogen (secondary N) is 2. The summed E-state index contributed by atoms with van der Waals surface area (Å²) >= 11 is 0. The molecule has 1 aromatic carbocycles. The summed E-state index contributed by atoms with van der Waals surface area (Å²) in [5, 5.41) is 5.58. The summed E-state index contributed by atoms with van der Waals surface area (Å²) < 4.78 is 5.71. The molecule has 0 unspecified atom stereocenters. The van der Waals surface area contributed by atoms with Gasteiger partial charge in [-0.3, -0.25) is 9.59 Å². The third kappa shape index (κ3) is 4.98. The second kappa shape index (κ2) is 7.99. The molecule has 126 valence electrons. The molecule has 0 aliphatic carbocycles. The first kappa shape index (κ1) is 17.3. The van der Waals surface area contributed by atoms with Gasteiger partial charge in [-0.25, -0.2) is 0 Å². The third-order valence-electron chi connectivity index (χ3n) is 4.02. The Balaban J connectivity index is 1.94. The van der Waals surface area contributed by atoms with Crippen LogP contribution in [0.1, 0.15) is 50.2 Å². The highest BCUT2D eigenvalue weighted by molar-refractivity contribution is 5.88. The summed E-state index contributed by atoms with van der Waals surface area (Å²) in [6, 6.07) is 5.57. The van der Waals surface area contributed by atoms with Crippen molar-refractivity contribution in [2.24, 2.45) is 0 Å². The minimum absolute atomic E-state index is 0.0764. The van der Waals surface area contributed by atoms with Crippen LogP contribution in [0.2, 0.25) is 0 Å². The molecule has 1 aliphatic rings. The zero-order chi connectivity index (χ0) is 16.8. The zero-order valence-corrected chi connectivity index (χ0v) is 14.1. The zero-order valence-electron chi connectivity index (χ0n) is 14.1. The number of hydrogen-bond acceptors (Lipinski definition) is 3. The minimum atomic E-state index is -0.448. The summed E-state index contributed by atoms with van der Waals surface area (Å²) in [5.41, 5.74) is 2.17. The van der Waals surface area contributed by atoms with Gasteiger partial charge in [0.15, 0.2) is 6.61 Å². The molecule has 1 heterocycles. The van der Waals surface area contributed by atoms with Gasteiger partial charge in [0, 0.05) is 6.54 Å². The number of aryl methyl sites for hydroxylation is 1. The SMILES string of the molecule is Cc1ccc(C(C)C)c(OCC(=O)N[C@H]2CCCCNC2=O)c1. The van der Waals surface area contributed by atoms with Gasteiger partial charge < -0.3 is 15.4 Å². The number of amides is 2. The highest BCUT2D eigenvalue weighted by Crippen LogP contribution is 2.27. The van der Waals surface area contributed by atoms with Gasteiger partial charge in [0.2, 0.25) is 5.91 Å². The molecule has 2 N–H and O–H groups in total. The van der Waals surface area contributed by atoms with Crippen LogP contribution in [-0.4, -0.2) is 31.0 Å². The Morgan fingerprint density at radius 2 is 2.17 bits per heavy atom. The van der Waals surface area contributed by atoms with Crippen LogP contribution >= 0.6 is 0 Å². The first-order valence-electron chi connectivity index (χ1n) is 8.28. The van der Waals surface area contributed by atoms with E-state index in [0.717, 1.165) is 29.7 Å². The van der Waals surface area contributed by atoms with Crippen molar-refractivity contribution in [2.45, 2.75) is 52.0 Å². The maximum Gasteiger partial charge on any atom is 0.258 e. The fourth-order valence-electron chi connectivity index (χ4n) is 2.70. The molecule has 1 aromatic rings. The van der Waals surface area contributed by atoms with Crippen molar-refractivity contribution in [1.82, 2.24) is 10.6 Å². The molecular weight excluding hydrogens is 292 g/mol. The maximum absolute atomic E-state index is 12.1. The molecule has 2 amide bonds. The van der Waals surface area contributed by atoms with Gasteiger partial charge in [-0.1, -0.05) is 26.0 Å². The number of carbonyl (C=O) groups excluding carboxylic acids is 2. The van der Waals surface area contributed by atoms with Crippen LogP contribution in [0.25, 0.3) is 0 Å². The van der Waals surface area contributed by atoms with Gasteiger partial charge in [-0.05, 0) is 49.3 Å². The lowest BCUT2D eigenvalue weighted by molar-refractivity contribution is -0.129. The van der Waals surface area contributed by atoms with Gasteiger partial charge in [0.05, 0.1) is 0 Å². The van der Waals surface area contributed by atoms with Crippen LogP contribution in [0.15, 0.2) is 18.2 Å². The van der Waals surface area contributed by atoms with Crippen LogP contribution < -0.4 is 15.4 Å². The number of carbonyl (C=O) groups is 2. The summed E-state index contributed by atoms with van der Waals surface area (Å²) in [6.45, 7) is 6.78. The summed E-state index contributed by atoms with van der Waals surface area (Å²) in [5.74, 6) is 0.694. The van der Waals surface area contributed by atoms with E-state index >= 15 is 0 Å². The average Bonchev–Trinajstić information content (AvgIpc) is 2.70. The molecule has 0 saturated carbocycles. The van der Waals surface area contributed by atoms with Gasteiger partial charge in [-0.15, -0.1) is 0 Å². The van der Waals surface area contributed by atoms with E-state index in [0.29, 0.717) is 18.9 Å². The maximum atomic E-state index is 12.1. The van der Waals surface area contributed by atoms with Crippen LogP contribution in [0, 0.1) is 6.92 Å². The Kier molecular flexibility index (Phi) is 6.02. The fourth-order valence-corrected chi connectivity index (χ4v) is 2.70. The van der Waals surface area contributed by atoms with Gasteiger partial charge in [0.25, 0.3) is 5.91 Å². The number of hydrogen-bond donors (Lipinski definition) is 2. The van der Waals surface area contributed by atoms with E-state index in [4.69, 9.17) is 4.74 Å². The molecule has 5 heteroatoms. The van der Waals surface area contributed by atoms with Crippen molar-refractivity contribution in [2.75, 3.05) is 13.2 Å². The van der Waals surface area contributed by atoms with E-state index < -0.39 is 6.04 Å². The van der Waals surface area contributed by atoms with E-state index in [1.165, 1.54) is 0 Å². The van der Waals surface area contributed by atoms with E-state index in [2.05, 4.69) is 24.5 Å². The van der Waals surface area contributed by atoms with Gasteiger partial charge in [-0.2, -0.15) is 0 Å². The summed E-state index contributed by atoms with van der Waals surface area (Å²) in [7, 11) is 0. The summed E-state index contributed by atoms with van der Waals surface area (Å²) in [6.07, 6.45) is 2.56. The van der Waals surface area contributed by atoms with E-state index in [9.17, 15) is 9.59 Å². The highest BCUT2D eigenvalue weighted by atomic mass is 16.5. The van der Waals surface area contributed by atoms with Crippen molar-refractivity contribution in [3.05, 3.63) is 29.3 Å². The highest BCUT2D eigenvalue weighted by Gasteiger charge is 2.22.